The van der Waals surface area contributed by atoms with Crippen molar-refractivity contribution in [1.82, 2.24) is 10.6 Å². The number of carbonyl (C=O) groups is 2. The first kappa shape index (κ1) is 16.8. The Bertz CT molecular complexity index is 371. The zero-order valence-electron chi connectivity index (χ0n) is 12.7. The fraction of sp³-hybridized carbons (Fsp3) is 0.857. The van der Waals surface area contributed by atoms with Gasteiger partial charge >= 0.3 is 12.0 Å². The third-order valence-electron chi connectivity index (χ3n) is 4.56. The summed E-state index contributed by atoms with van der Waals surface area (Å²) in [7, 11) is 0. The molecule has 4 N–H and O–H groups in total. The van der Waals surface area contributed by atoms with Crippen molar-refractivity contribution in [3.63, 3.8) is 0 Å². The molecular weight excluding hydrogens is 260 g/mol. The van der Waals surface area contributed by atoms with Gasteiger partial charge in [-0.05, 0) is 53.4 Å². The fourth-order valence-electron chi connectivity index (χ4n) is 2.15. The number of aliphatic carboxylic acids is 1. The number of carboxylic acid groups (broad SMARTS) is 1. The van der Waals surface area contributed by atoms with Gasteiger partial charge in [0, 0.05) is 6.04 Å². The second-order valence-corrected chi connectivity index (χ2v) is 6.66. The Kier molecular flexibility index (Phi) is 5.02. The number of rotatable bonds is 4. The first-order valence-electron chi connectivity index (χ1n) is 7.06. The molecule has 2 amide bonds. The number of aliphatic hydroxyl groups excluding tert-OH is 1. The third-order valence-corrected chi connectivity index (χ3v) is 4.56. The Morgan fingerprint density at radius 2 is 1.55 bits per heavy atom. The second-order valence-electron chi connectivity index (χ2n) is 6.66. The topological polar surface area (TPSA) is 98.7 Å². The fourth-order valence-corrected chi connectivity index (χ4v) is 2.15. The van der Waals surface area contributed by atoms with Crippen LogP contribution in [0.25, 0.3) is 0 Å². The van der Waals surface area contributed by atoms with Crippen LogP contribution in [-0.4, -0.2) is 39.9 Å². The molecule has 0 radical (unpaired) electrons. The molecule has 1 rings (SSSR count). The van der Waals surface area contributed by atoms with Gasteiger partial charge in [0.2, 0.25) is 0 Å². The van der Waals surface area contributed by atoms with Crippen molar-refractivity contribution in [1.29, 1.82) is 0 Å². The molecule has 6 nitrogen and oxygen atoms in total. The van der Waals surface area contributed by atoms with Crippen LogP contribution in [0.4, 0.5) is 4.79 Å². The van der Waals surface area contributed by atoms with Gasteiger partial charge in [-0.15, -0.1) is 0 Å². The summed E-state index contributed by atoms with van der Waals surface area (Å²) in [6.07, 6.45) is 2.61. The van der Waals surface area contributed by atoms with Gasteiger partial charge in [0.05, 0.1) is 17.1 Å². The summed E-state index contributed by atoms with van der Waals surface area (Å²) in [5.74, 6) is -0.955. The van der Waals surface area contributed by atoms with Crippen LogP contribution in [0.1, 0.15) is 53.4 Å². The summed E-state index contributed by atoms with van der Waals surface area (Å²) < 4.78 is 0. The summed E-state index contributed by atoms with van der Waals surface area (Å²) in [5.41, 5.74) is -1.95. The van der Waals surface area contributed by atoms with E-state index in [1.165, 1.54) is 0 Å². The van der Waals surface area contributed by atoms with Gasteiger partial charge in [-0.3, -0.25) is 4.79 Å². The van der Waals surface area contributed by atoms with Gasteiger partial charge in [0.15, 0.2) is 0 Å². The number of hydrogen-bond acceptors (Lipinski definition) is 3. The van der Waals surface area contributed by atoms with Crippen LogP contribution in [0.2, 0.25) is 0 Å². The van der Waals surface area contributed by atoms with E-state index in [0.29, 0.717) is 12.8 Å². The lowest BCUT2D eigenvalue weighted by Gasteiger charge is -2.39. The van der Waals surface area contributed by atoms with Crippen LogP contribution in [0, 0.1) is 5.41 Å². The molecule has 0 atom stereocenters. The molecule has 1 aliphatic carbocycles. The SMILES string of the molecule is CC(C)(NC(=O)NC1CCC(O)CC1)C(C)(C)C(=O)O. The maximum atomic E-state index is 12.0. The number of aliphatic hydroxyl groups is 1. The number of carbonyl (C=O) groups excluding carboxylic acids is 1. The molecule has 0 aliphatic heterocycles. The van der Waals surface area contributed by atoms with Crippen molar-refractivity contribution < 1.29 is 19.8 Å². The quantitative estimate of drug-likeness (QED) is 0.629. The summed E-state index contributed by atoms with van der Waals surface area (Å²) in [6, 6.07) is -0.312. The number of hydrogen-bond donors (Lipinski definition) is 4. The Morgan fingerprint density at radius 3 is 2.00 bits per heavy atom. The predicted molar refractivity (Wildman–Crippen MR) is 75.4 cm³/mol. The number of amides is 2. The zero-order chi connectivity index (χ0) is 15.6. The number of nitrogens with one attached hydrogen (secondary N) is 2. The van der Waals surface area contributed by atoms with Gasteiger partial charge in [-0.2, -0.15) is 0 Å². The lowest BCUT2D eigenvalue weighted by atomic mass is 9.74. The summed E-state index contributed by atoms with van der Waals surface area (Å²) in [6.45, 7) is 6.58. The lowest BCUT2D eigenvalue weighted by molar-refractivity contribution is -0.150. The largest absolute Gasteiger partial charge is 0.481 e. The second kappa shape index (κ2) is 5.99. The Labute approximate surface area is 119 Å². The highest BCUT2D eigenvalue weighted by Crippen LogP contribution is 2.30. The molecule has 6 heteroatoms. The van der Waals surface area contributed by atoms with Crippen molar-refractivity contribution in [3.05, 3.63) is 0 Å². The Morgan fingerprint density at radius 1 is 1.05 bits per heavy atom. The molecule has 0 spiro atoms. The molecule has 1 fully saturated rings. The first-order chi connectivity index (χ1) is 9.06. The third kappa shape index (κ3) is 3.85. The predicted octanol–water partition coefficient (Wildman–Crippen LogP) is 1.48. The van der Waals surface area contributed by atoms with Crippen molar-refractivity contribution in [2.24, 2.45) is 5.41 Å². The minimum Gasteiger partial charge on any atom is -0.481 e. The van der Waals surface area contributed by atoms with E-state index in [1.54, 1.807) is 27.7 Å². The van der Waals surface area contributed by atoms with Crippen LogP contribution in [0.15, 0.2) is 0 Å². The molecule has 0 unspecified atom stereocenters. The molecule has 0 heterocycles. The van der Waals surface area contributed by atoms with E-state index in [9.17, 15) is 19.8 Å². The average molecular weight is 286 g/mol. The molecule has 0 saturated heterocycles. The van der Waals surface area contributed by atoms with E-state index in [1.807, 2.05) is 0 Å². The molecule has 0 aromatic carbocycles. The van der Waals surface area contributed by atoms with E-state index in [-0.39, 0.29) is 18.2 Å². The van der Waals surface area contributed by atoms with Crippen molar-refractivity contribution in [2.75, 3.05) is 0 Å². The molecule has 116 valence electrons. The van der Waals surface area contributed by atoms with Crippen LogP contribution in [0.5, 0.6) is 0 Å². The van der Waals surface area contributed by atoms with E-state index >= 15 is 0 Å². The highest BCUT2D eigenvalue weighted by Gasteiger charge is 2.44. The standard InChI is InChI=1S/C14H26N2O4/c1-13(2,11(18)19)14(3,4)16-12(20)15-9-5-7-10(17)8-6-9/h9-10,17H,5-8H2,1-4H3,(H,18,19)(H2,15,16,20). The van der Waals surface area contributed by atoms with E-state index in [2.05, 4.69) is 10.6 Å². The number of carboxylic acids is 1. The Balaban J connectivity index is 2.55. The average Bonchev–Trinajstić information content (AvgIpc) is 2.31. The van der Waals surface area contributed by atoms with Gasteiger partial charge in [-0.1, -0.05) is 0 Å². The summed E-state index contributed by atoms with van der Waals surface area (Å²) in [4.78, 5) is 23.3. The molecule has 1 saturated carbocycles. The molecule has 1 aliphatic rings. The highest BCUT2D eigenvalue weighted by molar-refractivity contribution is 5.79. The maximum absolute atomic E-state index is 12.0. The van der Waals surface area contributed by atoms with Crippen molar-refractivity contribution in [3.8, 4) is 0 Å². The molecular formula is C14H26N2O4. The van der Waals surface area contributed by atoms with Gasteiger partial charge in [0.25, 0.3) is 0 Å². The minimum atomic E-state index is -1.08. The monoisotopic (exact) mass is 286 g/mol. The van der Waals surface area contributed by atoms with Gasteiger partial charge in [-0.25, -0.2) is 4.79 Å². The minimum absolute atomic E-state index is 0.0436. The van der Waals surface area contributed by atoms with Crippen molar-refractivity contribution >= 4 is 12.0 Å². The van der Waals surface area contributed by atoms with Gasteiger partial charge in [0.1, 0.15) is 0 Å². The zero-order valence-corrected chi connectivity index (χ0v) is 12.7. The first-order valence-corrected chi connectivity index (χ1v) is 7.06. The van der Waals surface area contributed by atoms with Gasteiger partial charge < -0.3 is 20.8 Å². The summed E-state index contributed by atoms with van der Waals surface area (Å²) >= 11 is 0. The smallest absolute Gasteiger partial charge is 0.315 e. The van der Waals surface area contributed by atoms with Crippen molar-refractivity contribution in [2.45, 2.75) is 71.1 Å². The van der Waals surface area contributed by atoms with E-state index < -0.39 is 16.9 Å². The maximum Gasteiger partial charge on any atom is 0.315 e. The van der Waals surface area contributed by atoms with E-state index in [0.717, 1.165) is 12.8 Å². The molecule has 0 bridgehead atoms. The molecule has 20 heavy (non-hydrogen) atoms. The van der Waals surface area contributed by atoms with Crippen LogP contribution in [0.3, 0.4) is 0 Å². The van der Waals surface area contributed by atoms with Crippen LogP contribution in [-0.2, 0) is 4.79 Å². The number of urea groups is 1. The van der Waals surface area contributed by atoms with E-state index in [4.69, 9.17) is 0 Å². The van der Waals surface area contributed by atoms with Crippen LogP contribution < -0.4 is 10.6 Å². The highest BCUT2D eigenvalue weighted by atomic mass is 16.4. The molecule has 0 aromatic rings. The Hall–Kier alpha value is -1.30. The normalized spacial score (nSPS) is 24.1. The summed E-state index contributed by atoms with van der Waals surface area (Å²) in [5, 5.41) is 24.3. The van der Waals surface area contributed by atoms with Crippen LogP contribution >= 0.6 is 0 Å². The lowest BCUT2D eigenvalue weighted by Crippen LogP contribution is -2.60. The molecule has 0 aromatic heterocycles.